The van der Waals surface area contributed by atoms with Gasteiger partial charge in [0.1, 0.15) is 41.9 Å². The fourth-order valence-electron chi connectivity index (χ4n) is 6.81. The second kappa shape index (κ2) is 11.5. The van der Waals surface area contributed by atoms with Gasteiger partial charge in [0.15, 0.2) is 6.23 Å². The van der Waals surface area contributed by atoms with Crippen molar-refractivity contribution in [3.63, 3.8) is 0 Å². The van der Waals surface area contributed by atoms with Crippen LogP contribution in [-0.2, 0) is 22.7 Å². The number of nitrogens with zero attached hydrogens (tertiary/aromatic N) is 5. The fraction of sp³-hybridized carbons (Fsp3) is 0.594. The Morgan fingerprint density at radius 1 is 1.13 bits per heavy atom. The summed E-state index contributed by atoms with van der Waals surface area (Å²) in [4.78, 5) is 18.2. The lowest BCUT2D eigenvalue weighted by Gasteiger charge is -2.46. The second-order valence-electron chi connectivity index (χ2n) is 13.9. The quantitative estimate of drug-likeness (QED) is 0.215. The highest BCUT2D eigenvalue weighted by atomic mass is 19.4. The summed E-state index contributed by atoms with van der Waals surface area (Å²) in [7, 11) is 0. The number of aliphatic hydroxyl groups excluding tert-OH is 2. The highest BCUT2D eigenvalue weighted by Gasteiger charge is 2.48. The number of hydrogen-bond acceptors (Lipinski definition) is 8. The number of aryl methyl sites for hydroxylation is 1. The molecule has 0 bridgehead atoms. The van der Waals surface area contributed by atoms with Crippen molar-refractivity contribution < 1.29 is 28.1 Å². The minimum absolute atomic E-state index is 0.0675. The SMILES string of the molecule is CC(C)N(CC1OC(n2cc(C(F)(F)F)c3c(N)ncnc32)C(O)C1O)C1CC(CCc2nc3ccc(C(C)(C)C)cc3[nH]2)C1. The number of nitrogens with two attached hydrogens (primary N) is 1. The number of imidazole rings is 1. The molecule has 2 aliphatic rings. The Balaban J connectivity index is 1.09. The zero-order valence-corrected chi connectivity index (χ0v) is 26.2. The molecule has 3 aromatic heterocycles. The van der Waals surface area contributed by atoms with Crippen LogP contribution in [0.3, 0.4) is 0 Å². The Morgan fingerprint density at radius 2 is 1.87 bits per heavy atom. The molecular weight excluding hydrogens is 587 g/mol. The van der Waals surface area contributed by atoms with Crippen molar-refractivity contribution in [1.82, 2.24) is 29.4 Å². The third kappa shape index (κ3) is 6.02. The molecule has 5 N–H and O–H groups in total. The number of aromatic nitrogens is 5. The Bertz CT molecular complexity index is 1670. The summed E-state index contributed by atoms with van der Waals surface area (Å²) in [5.74, 6) is 1.19. The van der Waals surface area contributed by atoms with E-state index in [1.165, 1.54) is 5.56 Å². The van der Waals surface area contributed by atoms with E-state index in [-0.39, 0.29) is 34.3 Å². The van der Waals surface area contributed by atoms with Gasteiger partial charge in [0.2, 0.25) is 0 Å². The van der Waals surface area contributed by atoms with Crippen LogP contribution in [0.15, 0.2) is 30.7 Å². The third-order valence-corrected chi connectivity index (χ3v) is 9.48. The molecule has 1 aromatic carbocycles. The van der Waals surface area contributed by atoms with E-state index in [1.54, 1.807) is 0 Å². The first kappa shape index (κ1) is 31.7. The van der Waals surface area contributed by atoms with Crippen molar-refractivity contribution in [2.45, 2.75) is 109 Å². The summed E-state index contributed by atoms with van der Waals surface area (Å²) in [6.07, 6.45) is -3.87. The standard InChI is InChI=1S/C32H42F3N7O3/c1-16(2)41(19-10-17(11-19)6-9-24-39-21-8-7-18(31(3,4)5)12-22(21)40-24)14-23-26(43)27(44)30(45-23)42-13-20(32(33,34)35)25-28(36)37-15-38-29(25)42/h7-8,12-13,15-17,19,23,26-27,30,43-44H,6,9-11,14H2,1-5H3,(H,39,40)(H2,36,37,38). The number of H-pyrrole nitrogens is 1. The number of alkyl halides is 3. The van der Waals surface area contributed by atoms with Gasteiger partial charge >= 0.3 is 6.18 Å². The molecule has 0 amide bonds. The van der Waals surface area contributed by atoms with Crippen molar-refractivity contribution in [2.75, 3.05) is 12.3 Å². The molecule has 4 atom stereocenters. The van der Waals surface area contributed by atoms with Gasteiger partial charge < -0.3 is 30.2 Å². The molecule has 4 unspecified atom stereocenters. The summed E-state index contributed by atoms with van der Waals surface area (Å²) < 4.78 is 48.7. The number of nitrogen functional groups attached to an aromatic ring is 1. The average Bonchev–Trinajstić information content (AvgIpc) is 3.60. The van der Waals surface area contributed by atoms with Crippen molar-refractivity contribution in [2.24, 2.45) is 5.92 Å². The van der Waals surface area contributed by atoms with Gasteiger partial charge in [0, 0.05) is 31.2 Å². The Kier molecular flexibility index (Phi) is 8.12. The first-order valence-corrected chi connectivity index (χ1v) is 15.6. The number of ether oxygens (including phenoxy) is 1. The number of anilines is 1. The maximum absolute atomic E-state index is 13.8. The van der Waals surface area contributed by atoms with Crippen LogP contribution in [0.25, 0.3) is 22.1 Å². The van der Waals surface area contributed by atoms with E-state index in [0.717, 1.165) is 59.6 Å². The molecule has 10 nitrogen and oxygen atoms in total. The molecule has 1 saturated carbocycles. The molecule has 0 spiro atoms. The van der Waals surface area contributed by atoms with Gasteiger partial charge in [0.25, 0.3) is 0 Å². The number of fused-ring (bicyclic) bond motifs is 2. The summed E-state index contributed by atoms with van der Waals surface area (Å²) in [5, 5.41) is 21.5. The molecule has 4 heterocycles. The molecule has 244 valence electrons. The van der Waals surface area contributed by atoms with Crippen LogP contribution >= 0.6 is 0 Å². The van der Waals surface area contributed by atoms with Crippen LogP contribution in [0.4, 0.5) is 19.0 Å². The van der Waals surface area contributed by atoms with Crippen molar-refractivity contribution in [3.8, 4) is 0 Å². The average molecular weight is 630 g/mol. The highest BCUT2D eigenvalue weighted by molar-refractivity contribution is 5.90. The van der Waals surface area contributed by atoms with Gasteiger partial charge in [0.05, 0.1) is 22.0 Å². The Labute approximate surface area is 259 Å². The number of halogens is 3. The van der Waals surface area contributed by atoms with E-state index >= 15 is 0 Å². The van der Waals surface area contributed by atoms with Gasteiger partial charge in [-0.2, -0.15) is 13.2 Å². The zero-order chi connectivity index (χ0) is 32.4. The molecular formula is C32H42F3N7O3. The lowest BCUT2D eigenvalue weighted by Crippen LogP contribution is -2.52. The number of aromatic amines is 1. The first-order valence-electron chi connectivity index (χ1n) is 15.6. The van der Waals surface area contributed by atoms with Gasteiger partial charge in [-0.1, -0.05) is 26.8 Å². The normalized spacial score (nSPS) is 26.0. The lowest BCUT2D eigenvalue weighted by atomic mass is 9.76. The van der Waals surface area contributed by atoms with Crippen molar-refractivity contribution in [3.05, 3.63) is 47.7 Å². The molecule has 4 aromatic rings. The third-order valence-electron chi connectivity index (χ3n) is 9.48. The van der Waals surface area contributed by atoms with Crippen LogP contribution in [0, 0.1) is 5.92 Å². The van der Waals surface area contributed by atoms with E-state index in [2.05, 4.69) is 72.7 Å². The van der Waals surface area contributed by atoms with Gasteiger partial charge in [-0.3, -0.25) is 4.90 Å². The molecule has 1 saturated heterocycles. The summed E-state index contributed by atoms with van der Waals surface area (Å²) in [5.41, 5.74) is 8.01. The summed E-state index contributed by atoms with van der Waals surface area (Å²) in [6, 6.07) is 6.80. The minimum Gasteiger partial charge on any atom is -0.387 e. The van der Waals surface area contributed by atoms with Crippen LogP contribution in [0.2, 0.25) is 0 Å². The van der Waals surface area contributed by atoms with Gasteiger partial charge in [-0.25, -0.2) is 15.0 Å². The van der Waals surface area contributed by atoms with Crippen molar-refractivity contribution in [1.29, 1.82) is 0 Å². The van der Waals surface area contributed by atoms with Crippen LogP contribution in [0.1, 0.15) is 77.1 Å². The van der Waals surface area contributed by atoms with Gasteiger partial charge in [-0.15, -0.1) is 0 Å². The summed E-state index contributed by atoms with van der Waals surface area (Å²) >= 11 is 0. The Hall–Kier alpha value is -3.26. The fourth-order valence-corrected chi connectivity index (χ4v) is 6.81. The molecule has 6 rings (SSSR count). The predicted octanol–water partition coefficient (Wildman–Crippen LogP) is 4.95. The smallest absolute Gasteiger partial charge is 0.387 e. The van der Waals surface area contributed by atoms with Crippen LogP contribution < -0.4 is 5.73 Å². The number of benzene rings is 1. The zero-order valence-electron chi connectivity index (χ0n) is 26.2. The topological polar surface area (TPSA) is 138 Å². The lowest BCUT2D eigenvalue weighted by molar-refractivity contribution is -0.136. The van der Waals surface area contributed by atoms with Gasteiger partial charge in [-0.05, 0) is 62.1 Å². The molecule has 13 heteroatoms. The highest BCUT2D eigenvalue weighted by Crippen LogP contribution is 2.42. The second-order valence-corrected chi connectivity index (χ2v) is 13.9. The number of rotatable bonds is 8. The number of aliphatic hydroxyl groups is 2. The molecule has 45 heavy (non-hydrogen) atoms. The maximum Gasteiger partial charge on any atom is 0.418 e. The maximum atomic E-state index is 13.8. The molecule has 0 radical (unpaired) electrons. The largest absolute Gasteiger partial charge is 0.418 e. The van der Waals surface area contributed by atoms with E-state index in [1.807, 2.05) is 0 Å². The van der Waals surface area contributed by atoms with Crippen LogP contribution in [-0.4, -0.2) is 76.6 Å². The molecule has 2 fully saturated rings. The van der Waals surface area contributed by atoms with E-state index in [4.69, 9.17) is 15.5 Å². The number of hydrogen-bond donors (Lipinski definition) is 4. The van der Waals surface area contributed by atoms with Crippen molar-refractivity contribution >= 4 is 27.9 Å². The Morgan fingerprint density at radius 3 is 2.53 bits per heavy atom. The van der Waals surface area contributed by atoms with E-state index in [9.17, 15) is 23.4 Å². The summed E-state index contributed by atoms with van der Waals surface area (Å²) in [6.45, 7) is 11.0. The predicted molar refractivity (Wildman–Crippen MR) is 164 cm³/mol. The van der Waals surface area contributed by atoms with E-state index in [0.29, 0.717) is 12.5 Å². The minimum atomic E-state index is -4.72. The monoisotopic (exact) mass is 629 g/mol. The number of nitrogens with one attached hydrogen (secondary N) is 1. The first-order chi connectivity index (χ1) is 21.1. The molecule has 1 aliphatic heterocycles. The molecule has 1 aliphatic carbocycles. The van der Waals surface area contributed by atoms with Crippen LogP contribution in [0.5, 0.6) is 0 Å². The van der Waals surface area contributed by atoms with E-state index < -0.39 is 36.3 Å².